The van der Waals surface area contributed by atoms with E-state index in [0.29, 0.717) is 37.5 Å². The molecule has 0 bridgehead atoms. The summed E-state index contributed by atoms with van der Waals surface area (Å²) in [5.74, 6) is -1.10. The van der Waals surface area contributed by atoms with E-state index >= 15 is 0 Å². The Balaban J connectivity index is 2.45. The van der Waals surface area contributed by atoms with Gasteiger partial charge in [0.05, 0.1) is 11.8 Å². The molecule has 0 radical (unpaired) electrons. The van der Waals surface area contributed by atoms with Crippen molar-refractivity contribution in [3.8, 4) is 0 Å². The minimum absolute atomic E-state index is 0.162. The summed E-state index contributed by atoms with van der Waals surface area (Å²) < 4.78 is 10.9. The zero-order valence-electron chi connectivity index (χ0n) is 11.6. The molecule has 110 valence electrons. The molecule has 2 unspecified atom stereocenters. The van der Waals surface area contributed by atoms with Gasteiger partial charge in [-0.2, -0.15) is 0 Å². The lowest BCUT2D eigenvalue weighted by Gasteiger charge is -2.15. The van der Waals surface area contributed by atoms with E-state index in [1.54, 1.807) is 6.26 Å². The number of hydrogen-bond acceptors (Lipinski definition) is 3. The third-order valence-electron chi connectivity index (χ3n) is 3.80. The number of carbonyl (C=O) groups is 2. The van der Waals surface area contributed by atoms with Crippen LogP contribution in [0.15, 0.2) is 0 Å². The monoisotopic (exact) mass is 289 g/mol. The highest BCUT2D eigenvalue weighted by molar-refractivity contribution is 7.84. The molecule has 2 N–H and O–H groups in total. The van der Waals surface area contributed by atoms with Crippen LogP contribution < -0.4 is 5.32 Å². The highest BCUT2D eigenvalue weighted by atomic mass is 32.2. The molecule has 1 aliphatic rings. The summed E-state index contributed by atoms with van der Waals surface area (Å²) in [6.45, 7) is 2.50. The minimum Gasteiger partial charge on any atom is -0.481 e. The van der Waals surface area contributed by atoms with Crippen LogP contribution in [0.3, 0.4) is 0 Å². The fourth-order valence-corrected chi connectivity index (χ4v) is 3.21. The maximum absolute atomic E-state index is 12.0. The maximum Gasteiger partial charge on any atom is 0.307 e. The molecule has 4 atom stereocenters. The topological polar surface area (TPSA) is 83.5 Å². The van der Waals surface area contributed by atoms with Crippen LogP contribution >= 0.6 is 0 Å². The van der Waals surface area contributed by atoms with E-state index in [1.807, 2.05) is 6.92 Å². The molecule has 1 fully saturated rings. The van der Waals surface area contributed by atoms with Crippen LogP contribution in [0.1, 0.15) is 32.6 Å². The van der Waals surface area contributed by atoms with Gasteiger partial charge in [-0.3, -0.25) is 13.8 Å². The first kappa shape index (κ1) is 16.1. The van der Waals surface area contributed by atoms with Crippen LogP contribution in [0.5, 0.6) is 0 Å². The van der Waals surface area contributed by atoms with E-state index in [2.05, 4.69) is 5.32 Å². The number of rotatable bonds is 7. The summed E-state index contributed by atoms with van der Waals surface area (Å²) in [7, 11) is -0.849. The van der Waals surface area contributed by atoms with E-state index in [9.17, 15) is 18.9 Å². The normalized spacial score (nSPS) is 28.0. The lowest BCUT2D eigenvalue weighted by atomic mass is 9.95. The molecule has 5 nitrogen and oxygen atoms in total. The molecule has 1 aliphatic carbocycles. The summed E-state index contributed by atoms with van der Waals surface area (Å²) in [5.41, 5.74) is 0. The minimum atomic E-state index is -0.870. The Hall–Kier alpha value is -0.910. The summed E-state index contributed by atoms with van der Waals surface area (Å²) in [4.78, 5) is 23.2. The summed E-state index contributed by atoms with van der Waals surface area (Å²) in [6.07, 6.45) is 4.48. The van der Waals surface area contributed by atoms with Crippen LogP contribution in [-0.4, -0.2) is 39.7 Å². The number of aliphatic carboxylic acids is 1. The molecule has 19 heavy (non-hydrogen) atoms. The van der Waals surface area contributed by atoms with E-state index in [4.69, 9.17) is 0 Å². The predicted molar refractivity (Wildman–Crippen MR) is 74.2 cm³/mol. The highest BCUT2D eigenvalue weighted by Gasteiger charge is 2.41. The van der Waals surface area contributed by atoms with Crippen molar-refractivity contribution in [3.05, 3.63) is 0 Å². The Bertz CT molecular complexity index is 359. The van der Waals surface area contributed by atoms with Gasteiger partial charge >= 0.3 is 5.97 Å². The van der Waals surface area contributed by atoms with Gasteiger partial charge in [0.15, 0.2) is 0 Å². The Morgan fingerprint density at radius 1 is 1.32 bits per heavy atom. The SMILES string of the molecule is CCC1C[C@H](C(=O)NCCCS(C)=O)[C@H](C(=O)O)C1. The molecule has 1 rings (SSSR count). The fraction of sp³-hybridized carbons (Fsp3) is 0.846. The van der Waals surface area contributed by atoms with Gasteiger partial charge in [-0.25, -0.2) is 0 Å². The Morgan fingerprint density at radius 2 is 1.95 bits per heavy atom. The Labute approximate surface area is 116 Å². The zero-order chi connectivity index (χ0) is 14.4. The van der Waals surface area contributed by atoms with E-state index in [1.165, 1.54) is 0 Å². The standard InChI is InChI=1S/C13H23NO4S/c1-3-9-7-10(11(8-9)13(16)17)12(15)14-5-4-6-19(2)18/h9-11H,3-8H2,1-2H3,(H,14,15)(H,16,17)/t9?,10-,11+,19?/m0/s1. The molecule has 0 aromatic carbocycles. The molecule has 1 amide bonds. The lowest BCUT2D eigenvalue weighted by molar-refractivity contribution is -0.146. The largest absolute Gasteiger partial charge is 0.481 e. The summed E-state index contributed by atoms with van der Waals surface area (Å²) in [5, 5.41) is 11.9. The average molecular weight is 289 g/mol. The summed E-state index contributed by atoms with van der Waals surface area (Å²) >= 11 is 0. The number of carbonyl (C=O) groups excluding carboxylic acids is 1. The zero-order valence-corrected chi connectivity index (χ0v) is 12.4. The number of amides is 1. The van der Waals surface area contributed by atoms with Gasteiger partial charge in [0, 0.05) is 29.4 Å². The van der Waals surface area contributed by atoms with Crippen molar-refractivity contribution in [2.75, 3.05) is 18.6 Å². The fourth-order valence-electron chi connectivity index (χ4n) is 2.66. The van der Waals surface area contributed by atoms with Crippen LogP contribution in [0.25, 0.3) is 0 Å². The average Bonchev–Trinajstić information content (AvgIpc) is 2.78. The van der Waals surface area contributed by atoms with Crippen molar-refractivity contribution in [1.29, 1.82) is 0 Å². The van der Waals surface area contributed by atoms with E-state index in [0.717, 1.165) is 6.42 Å². The van der Waals surface area contributed by atoms with Gasteiger partial charge in [0.25, 0.3) is 0 Å². The number of hydrogen-bond donors (Lipinski definition) is 2. The first-order valence-electron chi connectivity index (χ1n) is 6.76. The van der Waals surface area contributed by atoms with Gasteiger partial charge in [-0.15, -0.1) is 0 Å². The molecule has 0 aliphatic heterocycles. The molecule has 0 saturated heterocycles. The van der Waals surface area contributed by atoms with Crippen molar-refractivity contribution in [1.82, 2.24) is 5.32 Å². The Kier molecular flexibility index (Phi) is 6.48. The van der Waals surface area contributed by atoms with E-state index < -0.39 is 28.6 Å². The third-order valence-corrected chi connectivity index (χ3v) is 4.66. The number of nitrogens with one attached hydrogen (secondary N) is 1. The van der Waals surface area contributed by atoms with Crippen LogP contribution in [0, 0.1) is 17.8 Å². The molecular formula is C13H23NO4S. The van der Waals surface area contributed by atoms with Crippen molar-refractivity contribution < 1.29 is 18.9 Å². The van der Waals surface area contributed by atoms with Crippen molar-refractivity contribution >= 4 is 22.7 Å². The molecule has 1 saturated carbocycles. The predicted octanol–water partition coefficient (Wildman–Crippen LogP) is 1.01. The van der Waals surface area contributed by atoms with Gasteiger partial charge in [-0.1, -0.05) is 13.3 Å². The molecule has 0 heterocycles. The van der Waals surface area contributed by atoms with Gasteiger partial charge in [0.1, 0.15) is 0 Å². The second kappa shape index (κ2) is 7.62. The quantitative estimate of drug-likeness (QED) is 0.685. The summed E-state index contributed by atoms with van der Waals surface area (Å²) in [6, 6.07) is 0. The third kappa shape index (κ3) is 4.93. The second-order valence-corrected chi connectivity index (χ2v) is 6.77. The molecule has 0 aromatic rings. The maximum atomic E-state index is 12.0. The molecule has 0 aromatic heterocycles. The number of carboxylic acids is 1. The van der Waals surface area contributed by atoms with Crippen LogP contribution in [-0.2, 0) is 20.4 Å². The number of carboxylic acid groups (broad SMARTS) is 1. The first-order valence-corrected chi connectivity index (χ1v) is 8.49. The van der Waals surface area contributed by atoms with Crippen molar-refractivity contribution in [2.24, 2.45) is 17.8 Å². The molecular weight excluding hydrogens is 266 g/mol. The highest BCUT2D eigenvalue weighted by Crippen LogP contribution is 2.38. The van der Waals surface area contributed by atoms with Gasteiger partial charge < -0.3 is 10.4 Å². The van der Waals surface area contributed by atoms with Crippen molar-refractivity contribution in [2.45, 2.75) is 32.6 Å². The first-order chi connectivity index (χ1) is 8.95. The second-order valence-electron chi connectivity index (χ2n) is 5.22. The van der Waals surface area contributed by atoms with Crippen LogP contribution in [0.2, 0.25) is 0 Å². The smallest absolute Gasteiger partial charge is 0.307 e. The van der Waals surface area contributed by atoms with Crippen molar-refractivity contribution in [3.63, 3.8) is 0 Å². The van der Waals surface area contributed by atoms with E-state index in [-0.39, 0.29) is 5.91 Å². The molecule has 0 spiro atoms. The Morgan fingerprint density at radius 3 is 2.47 bits per heavy atom. The van der Waals surface area contributed by atoms with Crippen LogP contribution in [0.4, 0.5) is 0 Å². The van der Waals surface area contributed by atoms with Gasteiger partial charge in [-0.05, 0) is 25.2 Å². The van der Waals surface area contributed by atoms with Gasteiger partial charge in [0.2, 0.25) is 5.91 Å². The lowest BCUT2D eigenvalue weighted by Crippen LogP contribution is -2.36. The molecule has 6 heteroatoms.